The molecule has 1 aromatic rings. The van der Waals surface area contributed by atoms with E-state index in [9.17, 15) is 20.0 Å². The SMILES string of the molecule is CC.CC.COc1c([N+](=O)[O-])ccc(C=O)c1O. The van der Waals surface area contributed by atoms with E-state index >= 15 is 0 Å². The summed E-state index contributed by atoms with van der Waals surface area (Å²) in [5.74, 6) is -0.823. The van der Waals surface area contributed by atoms with Gasteiger partial charge in [0.2, 0.25) is 5.75 Å². The number of nitro benzene ring substituents is 1. The molecule has 1 rings (SSSR count). The molecule has 0 aromatic heterocycles. The molecule has 1 aromatic carbocycles. The largest absolute Gasteiger partial charge is 0.504 e. The molecule has 0 aliphatic heterocycles. The van der Waals surface area contributed by atoms with Crippen molar-refractivity contribution in [1.29, 1.82) is 0 Å². The highest BCUT2D eigenvalue weighted by molar-refractivity contribution is 5.82. The Kier molecular flexibility index (Phi) is 10.2. The number of benzene rings is 1. The van der Waals surface area contributed by atoms with E-state index < -0.39 is 10.7 Å². The quantitative estimate of drug-likeness (QED) is 0.510. The fraction of sp³-hybridized carbons (Fsp3) is 0.417. The minimum absolute atomic E-state index is 0.0487. The Morgan fingerprint density at radius 3 is 2.11 bits per heavy atom. The Morgan fingerprint density at radius 1 is 1.28 bits per heavy atom. The maximum Gasteiger partial charge on any atom is 0.314 e. The molecule has 0 aliphatic carbocycles. The van der Waals surface area contributed by atoms with Crippen LogP contribution in [0.2, 0.25) is 0 Å². The van der Waals surface area contributed by atoms with Crippen molar-refractivity contribution >= 4 is 12.0 Å². The monoisotopic (exact) mass is 257 g/mol. The Hall–Kier alpha value is -2.11. The van der Waals surface area contributed by atoms with Crippen LogP contribution >= 0.6 is 0 Å². The van der Waals surface area contributed by atoms with Gasteiger partial charge in [-0.1, -0.05) is 27.7 Å². The number of rotatable bonds is 3. The summed E-state index contributed by atoms with van der Waals surface area (Å²) in [4.78, 5) is 20.1. The molecular weight excluding hydrogens is 238 g/mol. The molecule has 0 saturated carbocycles. The molecule has 102 valence electrons. The maximum absolute atomic E-state index is 10.5. The predicted octanol–water partition coefficient (Wildman–Crippen LogP) is 3.17. The van der Waals surface area contributed by atoms with E-state index in [0.717, 1.165) is 12.1 Å². The van der Waals surface area contributed by atoms with Gasteiger partial charge in [-0.05, 0) is 6.07 Å². The fourth-order valence-corrected chi connectivity index (χ4v) is 1.02. The molecular formula is C12H19NO5. The third kappa shape index (κ3) is 4.40. The molecule has 0 unspecified atom stereocenters. The molecule has 0 heterocycles. The molecule has 0 fully saturated rings. The molecule has 6 nitrogen and oxygen atoms in total. The summed E-state index contributed by atoms with van der Waals surface area (Å²) in [5, 5.41) is 19.8. The number of phenolic OH excluding ortho intramolecular Hbond substituents is 1. The van der Waals surface area contributed by atoms with E-state index in [1.807, 2.05) is 27.7 Å². The van der Waals surface area contributed by atoms with Gasteiger partial charge in [0.1, 0.15) is 0 Å². The van der Waals surface area contributed by atoms with Crippen molar-refractivity contribution in [1.82, 2.24) is 0 Å². The first kappa shape index (κ1) is 18.3. The lowest BCUT2D eigenvalue weighted by atomic mass is 10.2. The Balaban J connectivity index is 0. The lowest BCUT2D eigenvalue weighted by Gasteiger charge is -2.04. The van der Waals surface area contributed by atoms with Crippen LogP contribution in [0, 0.1) is 10.1 Å². The van der Waals surface area contributed by atoms with Crippen LogP contribution in [-0.2, 0) is 0 Å². The van der Waals surface area contributed by atoms with Crippen LogP contribution in [0.4, 0.5) is 5.69 Å². The number of carbonyl (C=O) groups excluding carboxylic acids is 1. The summed E-state index contributed by atoms with van der Waals surface area (Å²) in [5.41, 5.74) is -0.428. The smallest absolute Gasteiger partial charge is 0.314 e. The van der Waals surface area contributed by atoms with Gasteiger partial charge in [0, 0.05) is 6.07 Å². The molecule has 0 aliphatic rings. The second kappa shape index (κ2) is 10.1. The summed E-state index contributed by atoms with van der Waals surface area (Å²) in [7, 11) is 1.18. The third-order valence-electron chi connectivity index (χ3n) is 1.67. The molecule has 6 heteroatoms. The highest BCUT2D eigenvalue weighted by Gasteiger charge is 2.20. The van der Waals surface area contributed by atoms with Gasteiger partial charge in [-0.3, -0.25) is 14.9 Å². The highest BCUT2D eigenvalue weighted by atomic mass is 16.6. The number of aldehydes is 1. The van der Waals surface area contributed by atoms with Crippen molar-refractivity contribution in [3.05, 3.63) is 27.8 Å². The minimum Gasteiger partial charge on any atom is -0.504 e. The van der Waals surface area contributed by atoms with Crippen LogP contribution in [-0.4, -0.2) is 23.4 Å². The fourth-order valence-electron chi connectivity index (χ4n) is 1.02. The summed E-state index contributed by atoms with van der Waals surface area (Å²) in [6.45, 7) is 8.00. The normalized spacial score (nSPS) is 8.06. The van der Waals surface area contributed by atoms with Crippen molar-refractivity contribution in [3.63, 3.8) is 0 Å². The van der Waals surface area contributed by atoms with Gasteiger partial charge in [0.25, 0.3) is 0 Å². The zero-order valence-electron chi connectivity index (χ0n) is 11.3. The Morgan fingerprint density at radius 2 is 1.78 bits per heavy atom. The number of ether oxygens (including phenoxy) is 1. The second-order valence-corrected chi connectivity index (χ2v) is 2.43. The van der Waals surface area contributed by atoms with Gasteiger partial charge < -0.3 is 9.84 Å². The molecule has 0 saturated heterocycles. The molecule has 0 bridgehead atoms. The lowest BCUT2D eigenvalue weighted by molar-refractivity contribution is -0.385. The molecule has 1 N–H and O–H groups in total. The average molecular weight is 257 g/mol. The van der Waals surface area contributed by atoms with E-state index in [2.05, 4.69) is 4.74 Å². The van der Waals surface area contributed by atoms with Gasteiger partial charge in [0.05, 0.1) is 17.6 Å². The van der Waals surface area contributed by atoms with Crippen LogP contribution in [0.3, 0.4) is 0 Å². The molecule has 18 heavy (non-hydrogen) atoms. The minimum atomic E-state index is -0.701. The van der Waals surface area contributed by atoms with E-state index in [1.165, 1.54) is 7.11 Å². The van der Waals surface area contributed by atoms with Crippen LogP contribution < -0.4 is 4.74 Å². The lowest BCUT2D eigenvalue weighted by Crippen LogP contribution is -1.95. The van der Waals surface area contributed by atoms with Crippen LogP contribution in [0.25, 0.3) is 0 Å². The Labute approximate surface area is 106 Å². The topological polar surface area (TPSA) is 89.7 Å². The summed E-state index contributed by atoms with van der Waals surface area (Å²) in [6, 6.07) is 2.26. The Bertz CT molecular complexity index is 390. The average Bonchev–Trinajstić information content (AvgIpc) is 2.42. The van der Waals surface area contributed by atoms with Gasteiger partial charge >= 0.3 is 5.69 Å². The van der Waals surface area contributed by atoms with Gasteiger partial charge in [0.15, 0.2) is 12.0 Å². The number of hydrogen-bond acceptors (Lipinski definition) is 5. The maximum atomic E-state index is 10.5. The molecule has 0 radical (unpaired) electrons. The third-order valence-corrected chi connectivity index (χ3v) is 1.67. The van der Waals surface area contributed by atoms with Gasteiger partial charge in [-0.2, -0.15) is 0 Å². The summed E-state index contributed by atoms with van der Waals surface area (Å²) >= 11 is 0. The van der Waals surface area contributed by atoms with Crippen molar-refractivity contribution in [2.45, 2.75) is 27.7 Å². The first-order valence-corrected chi connectivity index (χ1v) is 5.61. The second-order valence-electron chi connectivity index (χ2n) is 2.43. The van der Waals surface area contributed by atoms with Crippen molar-refractivity contribution < 1.29 is 19.6 Å². The van der Waals surface area contributed by atoms with Crippen molar-refractivity contribution in [3.8, 4) is 11.5 Å². The zero-order valence-corrected chi connectivity index (χ0v) is 11.3. The number of nitro groups is 1. The number of carbonyl (C=O) groups is 1. The standard InChI is InChI=1S/C8H7NO5.2C2H6/c1-14-8-6(9(12)13)3-2-5(4-10)7(8)11;2*1-2/h2-4,11H,1H3;2*1-2H3. The van der Waals surface area contributed by atoms with Gasteiger partial charge in [-0.15, -0.1) is 0 Å². The number of hydrogen-bond donors (Lipinski definition) is 1. The first-order chi connectivity index (χ1) is 8.61. The van der Waals surface area contributed by atoms with E-state index in [0.29, 0.717) is 6.29 Å². The highest BCUT2D eigenvalue weighted by Crippen LogP contribution is 2.37. The number of nitrogens with zero attached hydrogens (tertiary/aromatic N) is 1. The molecule has 0 amide bonds. The van der Waals surface area contributed by atoms with Gasteiger partial charge in [-0.25, -0.2) is 0 Å². The summed E-state index contributed by atoms with van der Waals surface area (Å²) in [6.07, 6.45) is 0.390. The van der Waals surface area contributed by atoms with Crippen LogP contribution in [0.15, 0.2) is 12.1 Å². The zero-order chi connectivity index (χ0) is 14.7. The van der Waals surface area contributed by atoms with Crippen molar-refractivity contribution in [2.75, 3.05) is 7.11 Å². The molecule has 0 spiro atoms. The number of phenols is 1. The molecule has 0 atom stereocenters. The van der Waals surface area contributed by atoms with E-state index in [4.69, 9.17) is 0 Å². The van der Waals surface area contributed by atoms with Crippen LogP contribution in [0.1, 0.15) is 38.1 Å². The summed E-state index contributed by atoms with van der Waals surface area (Å²) < 4.78 is 4.63. The van der Waals surface area contributed by atoms with Crippen LogP contribution in [0.5, 0.6) is 11.5 Å². The van der Waals surface area contributed by atoms with E-state index in [-0.39, 0.29) is 17.0 Å². The van der Waals surface area contributed by atoms with E-state index in [1.54, 1.807) is 0 Å². The first-order valence-electron chi connectivity index (χ1n) is 5.61. The predicted molar refractivity (Wildman–Crippen MR) is 69.4 cm³/mol. The van der Waals surface area contributed by atoms with Crippen molar-refractivity contribution in [2.24, 2.45) is 0 Å². The number of methoxy groups -OCH3 is 1. The number of aromatic hydroxyl groups is 1.